The number of benzene rings is 2. The van der Waals surface area contributed by atoms with Gasteiger partial charge in [0, 0.05) is 6.54 Å². The summed E-state index contributed by atoms with van der Waals surface area (Å²) in [7, 11) is 0. The number of hydrogen-bond donors (Lipinski definition) is 1. The third-order valence-electron chi connectivity index (χ3n) is 3.85. The summed E-state index contributed by atoms with van der Waals surface area (Å²) in [4.78, 5) is 12.1. The number of nitrogens with one attached hydrogen (secondary N) is 1. The molecule has 1 N–H and O–H groups in total. The maximum Gasteiger partial charge on any atom is 0.260 e. The molecule has 2 rings (SSSR count). The van der Waals surface area contributed by atoms with Gasteiger partial charge in [0.25, 0.3) is 5.91 Å². The average Bonchev–Trinajstić information content (AvgIpc) is 2.66. The molecule has 1 atom stereocenters. The number of amides is 1. The van der Waals surface area contributed by atoms with Crippen molar-refractivity contribution in [2.45, 2.75) is 39.2 Å². The van der Waals surface area contributed by atoms with Crippen LogP contribution in [-0.4, -0.2) is 25.2 Å². The molecule has 0 fully saturated rings. The van der Waals surface area contributed by atoms with Gasteiger partial charge in [-0.25, -0.2) is 4.39 Å². The molecule has 0 bridgehead atoms. The lowest BCUT2D eigenvalue weighted by molar-refractivity contribution is -0.127. The van der Waals surface area contributed by atoms with Gasteiger partial charge >= 0.3 is 0 Å². The summed E-state index contributed by atoms with van der Waals surface area (Å²) in [6.07, 6.45) is 1.96. The lowest BCUT2D eigenvalue weighted by atomic mass is 10.1. The van der Waals surface area contributed by atoms with E-state index in [1.54, 1.807) is 6.92 Å². The SMILES string of the molecule is CCCOc1ccccc1CCCNC(=O)[C@H](C)Oc1ccc(F)cc1. The number of carbonyl (C=O) groups excluding carboxylic acids is 1. The van der Waals surface area contributed by atoms with E-state index < -0.39 is 6.10 Å². The smallest absolute Gasteiger partial charge is 0.260 e. The number of hydrogen-bond acceptors (Lipinski definition) is 3. The van der Waals surface area contributed by atoms with Crippen LogP contribution in [0, 0.1) is 5.82 Å². The van der Waals surface area contributed by atoms with E-state index >= 15 is 0 Å². The number of carbonyl (C=O) groups is 1. The molecule has 0 aliphatic carbocycles. The molecule has 0 saturated heterocycles. The van der Waals surface area contributed by atoms with Crippen LogP contribution in [-0.2, 0) is 11.2 Å². The molecule has 0 aromatic heterocycles. The molecule has 4 nitrogen and oxygen atoms in total. The van der Waals surface area contributed by atoms with E-state index in [4.69, 9.17) is 9.47 Å². The zero-order chi connectivity index (χ0) is 18.8. The molecule has 140 valence electrons. The summed E-state index contributed by atoms with van der Waals surface area (Å²) >= 11 is 0. The highest BCUT2D eigenvalue weighted by Gasteiger charge is 2.14. The second-order valence-electron chi connectivity index (χ2n) is 6.06. The van der Waals surface area contributed by atoms with Gasteiger partial charge in [0.1, 0.15) is 17.3 Å². The Labute approximate surface area is 154 Å². The zero-order valence-electron chi connectivity index (χ0n) is 15.3. The molecule has 0 aliphatic heterocycles. The van der Waals surface area contributed by atoms with Crippen LogP contribution in [0.5, 0.6) is 11.5 Å². The van der Waals surface area contributed by atoms with Gasteiger partial charge in [-0.3, -0.25) is 4.79 Å². The second-order valence-corrected chi connectivity index (χ2v) is 6.06. The van der Waals surface area contributed by atoms with Gasteiger partial charge in [0.2, 0.25) is 0 Å². The lowest BCUT2D eigenvalue weighted by Crippen LogP contribution is -2.36. The highest BCUT2D eigenvalue weighted by molar-refractivity contribution is 5.80. The molecular formula is C21H26FNO3. The molecule has 2 aromatic rings. The fourth-order valence-corrected chi connectivity index (χ4v) is 2.47. The van der Waals surface area contributed by atoms with Crippen molar-refractivity contribution in [1.29, 1.82) is 0 Å². The topological polar surface area (TPSA) is 47.6 Å². The standard InChI is InChI=1S/C21H26FNO3/c1-3-15-25-20-9-5-4-7-17(20)8-6-14-23-21(24)16(2)26-19-12-10-18(22)11-13-19/h4-5,7,9-13,16H,3,6,8,14-15H2,1-2H3,(H,23,24)/t16-/m0/s1. The first-order valence-corrected chi connectivity index (χ1v) is 9.00. The quantitative estimate of drug-likeness (QED) is 0.649. The molecule has 5 heteroatoms. The summed E-state index contributed by atoms with van der Waals surface area (Å²) < 4.78 is 24.1. The van der Waals surface area contributed by atoms with E-state index in [2.05, 4.69) is 12.2 Å². The van der Waals surface area contributed by atoms with Gasteiger partial charge in [-0.2, -0.15) is 0 Å². The number of ether oxygens (including phenoxy) is 2. The van der Waals surface area contributed by atoms with E-state index in [1.807, 2.05) is 24.3 Å². The molecular weight excluding hydrogens is 333 g/mol. The maximum atomic E-state index is 12.9. The largest absolute Gasteiger partial charge is 0.493 e. The number of rotatable bonds is 10. The molecule has 26 heavy (non-hydrogen) atoms. The molecule has 0 spiro atoms. The van der Waals surface area contributed by atoms with E-state index in [-0.39, 0.29) is 11.7 Å². The predicted molar refractivity (Wildman–Crippen MR) is 100 cm³/mol. The Bertz CT molecular complexity index is 688. The van der Waals surface area contributed by atoms with Crippen LogP contribution < -0.4 is 14.8 Å². The summed E-state index contributed by atoms with van der Waals surface area (Å²) in [6.45, 7) is 5.00. The average molecular weight is 359 g/mol. The Hall–Kier alpha value is -2.56. The third kappa shape index (κ3) is 6.39. The molecule has 1 amide bonds. The van der Waals surface area contributed by atoms with Crippen molar-refractivity contribution < 1.29 is 18.7 Å². The van der Waals surface area contributed by atoms with Crippen molar-refractivity contribution in [2.75, 3.05) is 13.2 Å². The first-order valence-electron chi connectivity index (χ1n) is 9.00. The van der Waals surface area contributed by atoms with Gasteiger partial charge < -0.3 is 14.8 Å². The lowest BCUT2D eigenvalue weighted by Gasteiger charge is -2.15. The Morgan fingerprint density at radius 1 is 1.15 bits per heavy atom. The van der Waals surface area contributed by atoms with Crippen LogP contribution >= 0.6 is 0 Å². The van der Waals surface area contributed by atoms with Gasteiger partial charge in [-0.15, -0.1) is 0 Å². The molecule has 2 aromatic carbocycles. The maximum absolute atomic E-state index is 12.9. The molecule has 0 saturated carbocycles. The van der Waals surface area contributed by atoms with E-state index in [0.29, 0.717) is 18.9 Å². The third-order valence-corrected chi connectivity index (χ3v) is 3.85. The zero-order valence-corrected chi connectivity index (χ0v) is 15.3. The van der Waals surface area contributed by atoms with Crippen LogP contribution in [0.3, 0.4) is 0 Å². The molecule has 0 radical (unpaired) electrons. The number of halogens is 1. The monoisotopic (exact) mass is 359 g/mol. The van der Waals surface area contributed by atoms with Crippen molar-refractivity contribution in [1.82, 2.24) is 5.32 Å². The number of para-hydroxylation sites is 1. The van der Waals surface area contributed by atoms with Crippen molar-refractivity contribution in [3.8, 4) is 11.5 Å². The summed E-state index contributed by atoms with van der Waals surface area (Å²) in [5.41, 5.74) is 1.14. The molecule has 0 aliphatic rings. The van der Waals surface area contributed by atoms with Crippen LogP contribution in [0.25, 0.3) is 0 Å². The summed E-state index contributed by atoms with van der Waals surface area (Å²) in [5, 5.41) is 2.87. The summed E-state index contributed by atoms with van der Waals surface area (Å²) in [5.74, 6) is 0.854. The van der Waals surface area contributed by atoms with Crippen molar-refractivity contribution in [2.24, 2.45) is 0 Å². The van der Waals surface area contributed by atoms with Crippen LogP contribution in [0.15, 0.2) is 48.5 Å². The predicted octanol–water partition coefficient (Wildman–Crippen LogP) is 4.13. The van der Waals surface area contributed by atoms with E-state index in [9.17, 15) is 9.18 Å². The van der Waals surface area contributed by atoms with Gasteiger partial charge in [-0.1, -0.05) is 25.1 Å². The minimum absolute atomic E-state index is 0.190. The van der Waals surface area contributed by atoms with Crippen LogP contribution in [0.1, 0.15) is 32.3 Å². The fourth-order valence-electron chi connectivity index (χ4n) is 2.47. The van der Waals surface area contributed by atoms with Crippen LogP contribution in [0.2, 0.25) is 0 Å². The Balaban J connectivity index is 1.73. The second kappa shape index (κ2) is 10.4. The van der Waals surface area contributed by atoms with Gasteiger partial charge in [0.05, 0.1) is 6.61 Å². The summed E-state index contributed by atoms with van der Waals surface area (Å²) in [6, 6.07) is 13.6. The van der Waals surface area contributed by atoms with Gasteiger partial charge in [0.15, 0.2) is 6.10 Å². The first kappa shape index (κ1) is 19.8. The van der Waals surface area contributed by atoms with Crippen LogP contribution in [0.4, 0.5) is 4.39 Å². The van der Waals surface area contributed by atoms with Crippen molar-refractivity contribution in [3.05, 3.63) is 59.9 Å². The minimum Gasteiger partial charge on any atom is -0.493 e. The number of aryl methyl sites for hydroxylation is 1. The first-order chi connectivity index (χ1) is 12.6. The molecule has 0 heterocycles. The van der Waals surface area contributed by atoms with E-state index in [0.717, 1.165) is 30.6 Å². The Kier molecular flexibility index (Phi) is 7.93. The Morgan fingerprint density at radius 2 is 1.88 bits per heavy atom. The fraction of sp³-hybridized carbons (Fsp3) is 0.381. The van der Waals surface area contributed by atoms with Crippen molar-refractivity contribution in [3.63, 3.8) is 0 Å². The van der Waals surface area contributed by atoms with E-state index in [1.165, 1.54) is 24.3 Å². The molecule has 0 unspecified atom stereocenters. The Morgan fingerprint density at radius 3 is 2.62 bits per heavy atom. The normalized spacial score (nSPS) is 11.7. The minimum atomic E-state index is -0.638. The highest BCUT2D eigenvalue weighted by atomic mass is 19.1. The highest BCUT2D eigenvalue weighted by Crippen LogP contribution is 2.19. The van der Waals surface area contributed by atoms with Crippen molar-refractivity contribution >= 4 is 5.91 Å². The van der Waals surface area contributed by atoms with Gasteiger partial charge in [-0.05, 0) is 62.1 Å².